The fraction of sp³-hybridized carbons (Fsp3) is 0.308. The van der Waals surface area contributed by atoms with Gasteiger partial charge in [-0.2, -0.15) is 0 Å². The summed E-state index contributed by atoms with van der Waals surface area (Å²) in [4.78, 5) is 2.44. The highest BCUT2D eigenvalue weighted by molar-refractivity contribution is 5.45. The molecule has 1 aliphatic heterocycles. The highest BCUT2D eigenvalue weighted by Crippen LogP contribution is 2.32. The molecule has 3 aromatic rings. The molecule has 1 fully saturated rings. The second kappa shape index (κ2) is 10.4. The molecule has 162 valence electrons. The first kappa shape index (κ1) is 21.4. The zero-order valence-corrected chi connectivity index (χ0v) is 18.0. The molecule has 1 unspecified atom stereocenters. The first-order valence-electron chi connectivity index (χ1n) is 10.8. The number of hydrogen-bond donors (Lipinski definition) is 2. The van der Waals surface area contributed by atoms with Crippen molar-refractivity contribution in [1.29, 1.82) is 0 Å². The molecule has 5 nitrogen and oxygen atoms in total. The molecule has 4 rings (SSSR count). The third kappa shape index (κ3) is 5.44. The SMILES string of the molecule is COc1ccc(C(NCc2ccccc2CN2CCOCC2)c2ccccc2)c(O)c1. The number of nitrogens with zero attached hydrogens (tertiary/aromatic N) is 1. The lowest BCUT2D eigenvalue weighted by Crippen LogP contribution is -2.36. The monoisotopic (exact) mass is 418 g/mol. The molecule has 0 spiro atoms. The van der Waals surface area contributed by atoms with E-state index in [-0.39, 0.29) is 11.8 Å². The summed E-state index contributed by atoms with van der Waals surface area (Å²) in [6.45, 7) is 5.15. The van der Waals surface area contributed by atoms with Crippen LogP contribution in [0.4, 0.5) is 0 Å². The van der Waals surface area contributed by atoms with Gasteiger partial charge in [-0.05, 0) is 28.8 Å². The molecule has 0 aromatic heterocycles. The Hall–Kier alpha value is -2.86. The fourth-order valence-corrected chi connectivity index (χ4v) is 4.04. The molecule has 2 N–H and O–H groups in total. The predicted octanol–water partition coefficient (Wildman–Crippen LogP) is 4.11. The maximum absolute atomic E-state index is 10.7. The van der Waals surface area contributed by atoms with Gasteiger partial charge in [0, 0.05) is 37.8 Å². The molecule has 1 atom stereocenters. The Bertz CT molecular complexity index is 971. The predicted molar refractivity (Wildman–Crippen MR) is 122 cm³/mol. The lowest BCUT2D eigenvalue weighted by molar-refractivity contribution is 0.0340. The van der Waals surface area contributed by atoms with Gasteiger partial charge < -0.3 is 19.9 Å². The van der Waals surface area contributed by atoms with E-state index in [0.717, 1.165) is 44.0 Å². The molecule has 31 heavy (non-hydrogen) atoms. The van der Waals surface area contributed by atoms with Crippen LogP contribution in [-0.4, -0.2) is 43.4 Å². The van der Waals surface area contributed by atoms with Gasteiger partial charge in [0.25, 0.3) is 0 Å². The number of benzene rings is 3. The molecule has 0 bridgehead atoms. The smallest absolute Gasteiger partial charge is 0.124 e. The highest BCUT2D eigenvalue weighted by Gasteiger charge is 2.19. The number of methoxy groups -OCH3 is 1. The summed E-state index contributed by atoms with van der Waals surface area (Å²) in [5, 5.41) is 14.4. The summed E-state index contributed by atoms with van der Waals surface area (Å²) < 4.78 is 10.7. The van der Waals surface area contributed by atoms with Gasteiger partial charge in [0.2, 0.25) is 0 Å². The molecule has 3 aromatic carbocycles. The number of nitrogens with one attached hydrogen (secondary N) is 1. The average molecular weight is 419 g/mol. The number of rotatable bonds is 8. The Labute approximate surface area is 184 Å². The number of hydrogen-bond acceptors (Lipinski definition) is 5. The maximum atomic E-state index is 10.7. The van der Waals surface area contributed by atoms with Gasteiger partial charge in [-0.25, -0.2) is 0 Å². The fourth-order valence-electron chi connectivity index (χ4n) is 4.04. The van der Waals surface area contributed by atoms with Crippen LogP contribution in [0.1, 0.15) is 28.3 Å². The Morgan fingerprint density at radius 3 is 2.39 bits per heavy atom. The second-order valence-electron chi connectivity index (χ2n) is 7.81. The molecule has 5 heteroatoms. The lowest BCUT2D eigenvalue weighted by Gasteiger charge is -2.28. The van der Waals surface area contributed by atoms with Gasteiger partial charge in [0.15, 0.2) is 0 Å². The third-order valence-electron chi connectivity index (χ3n) is 5.79. The molecular formula is C26H30N2O3. The third-order valence-corrected chi connectivity index (χ3v) is 5.79. The van der Waals surface area contributed by atoms with E-state index in [4.69, 9.17) is 9.47 Å². The summed E-state index contributed by atoms with van der Waals surface area (Å²) in [5.41, 5.74) is 4.52. The normalized spacial score (nSPS) is 15.5. The Balaban J connectivity index is 1.56. The summed E-state index contributed by atoms with van der Waals surface area (Å²) in [5.74, 6) is 0.867. The largest absolute Gasteiger partial charge is 0.507 e. The molecule has 1 saturated heterocycles. The first-order valence-corrected chi connectivity index (χ1v) is 10.8. The van der Waals surface area contributed by atoms with E-state index >= 15 is 0 Å². The van der Waals surface area contributed by atoms with Crippen LogP contribution in [0.5, 0.6) is 11.5 Å². The van der Waals surface area contributed by atoms with Crippen LogP contribution in [0.3, 0.4) is 0 Å². The molecule has 0 aliphatic carbocycles. The van der Waals surface area contributed by atoms with Crippen molar-refractivity contribution in [2.45, 2.75) is 19.1 Å². The quantitative estimate of drug-likeness (QED) is 0.577. The van der Waals surface area contributed by atoms with Crippen LogP contribution in [0.25, 0.3) is 0 Å². The van der Waals surface area contributed by atoms with Crippen molar-refractivity contribution in [2.75, 3.05) is 33.4 Å². The van der Waals surface area contributed by atoms with E-state index in [0.29, 0.717) is 12.3 Å². The molecule has 0 amide bonds. The topological polar surface area (TPSA) is 54.0 Å². The zero-order valence-electron chi connectivity index (χ0n) is 18.0. The van der Waals surface area contributed by atoms with Crippen LogP contribution in [0, 0.1) is 0 Å². The standard InChI is InChI=1S/C26H30N2O3/c1-30-23-11-12-24(25(29)17-23)26(20-7-3-2-4-8-20)27-18-21-9-5-6-10-22(21)19-28-13-15-31-16-14-28/h2-12,17,26-27,29H,13-16,18-19H2,1H3. The summed E-state index contributed by atoms with van der Waals surface area (Å²) >= 11 is 0. The van der Waals surface area contributed by atoms with Crippen LogP contribution in [-0.2, 0) is 17.8 Å². The minimum atomic E-state index is -0.136. The number of aromatic hydroxyl groups is 1. The molecular weight excluding hydrogens is 388 g/mol. The van der Waals surface area contributed by atoms with E-state index in [9.17, 15) is 5.11 Å². The van der Waals surface area contributed by atoms with Crippen molar-refractivity contribution >= 4 is 0 Å². The van der Waals surface area contributed by atoms with Gasteiger partial charge in [-0.1, -0.05) is 54.6 Å². The van der Waals surface area contributed by atoms with Gasteiger partial charge >= 0.3 is 0 Å². The van der Waals surface area contributed by atoms with Crippen LogP contribution in [0.2, 0.25) is 0 Å². The second-order valence-corrected chi connectivity index (χ2v) is 7.81. The van der Waals surface area contributed by atoms with Crippen molar-refractivity contribution in [1.82, 2.24) is 10.2 Å². The number of phenolic OH excluding ortho intramolecular Hbond substituents is 1. The van der Waals surface area contributed by atoms with Crippen molar-refractivity contribution < 1.29 is 14.6 Å². The Kier molecular flexibility index (Phi) is 7.20. The maximum Gasteiger partial charge on any atom is 0.124 e. The van der Waals surface area contributed by atoms with Crippen LogP contribution in [0.15, 0.2) is 72.8 Å². The van der Waals surface area contributed by atoms with Gasteiger partial charge in [0.05, 0.1) is 26.4 Å². The number of ether oxygens (including phenoxy) is 2. The molecule has 1 heterocycles. The van der Waals surface area contributed by atoms with E-state index in [1.807, 2.05) is 30.3 Å². The number of morpholine rings is 1. The molecule has 0 radical (unpaired) electrons. The Morgan fingerprint density at radius 2 is 1.68 bits per heavy atom. The summed E-state index contributed by atoms with van der Waals surface area (Å²) in [7, 11) is 1.60. The molecule has 1 aliphatic rings. The number of phenols is 1. The first-order chi connectivity index (χ1) is 15.2. The van der Waals surface area contributed by atoms with E-state index in [2.05, 4.69) is 46.6 Å². The van der Waals surface area contributed by atoms with Gasteiger partial charge in [-0.15, -0.1) is 0 Å². The lowest BCUT2D eigenvalue weighted by atomic mass is 9.97. The molecule has 0 saturated carbocycles. The minimum Gasteiger partial charge on any atom is -0.507 e. The van der Waals surface area contributed by atoms with Crippen molar-refractivity contribution in [3.8, 4) is 11.5 Å². The van der Waals surface area contributed by atoms with Crippen LogP contribution < -0.4 is 10.1 Å². The van der Waals surface area contributed by atoms with Crippen molar-refractivity contribution in [3.05, 3.63) is 95.1 Å². The average Bonchev–Trinajstić information content (AvgIpc) is 2.82. The van der Waals surface area contributed by atoms with Crippen LogP contribution >= 0.6 is 0 Å². The summed E-state index contributed by atoms with van der Waals surface area (Å²) in [6.07, 6.45) is 0. The van der Waals surface area contributed by atoms with Crippen molar-refractivity contribution in [3.63, 3.8) is 0 Å². The van der Waals surface area contributed by atoms with E-state index < -0.39 is 0 Å². The van der Waals surface area contributed by atoms with E-state index in [1.54, 1.807) is 13.2 Å². The zero-order chi connectivity index (χ0) is 21.5. The van der Waals surface area contributed by atoms with Gasteiger partial charge in [0.1, 0.15) is 11.5 Å². The Morgan fingerprint density at radius 1 is 0.968 bits per heavy atom. The van der Waals surface area contributed by atoms with Crippen molar-refractivity contribution in [2.24, 2.45) is 0 Å². The van der Waals surface area contributed by atoms with E-state index in [1.165, 1.54) is 11.1 Å². The minimum absolute atomic E-state index is 0.136. The van der Waals surface area contributed by atoms with Gasteiger partial charge in [-0.3, -0.25) is 4.90 Å². The highest BCUT2D eigenvalue weighted by atomic mass is 16.5. The summed E-state index contributed by atoms with van der Waals surface area (Å²) in [6, 6.07) is 24.1.